The van der Waals surface area contributed by atoms with Crippen molar-refractivity contribution in [3.63, 3.8) is 0 Å². The van der Waals surface area contributed by atoms with Crippen molar-refractivity contribution < 1.29 is 0 Å². The predicted molar refractivity (Wildman–Crippen MR) is 91.4 cm³/mol. The van der Waals surface area contributed by atoms with Gasteiger partial charge in [0, 0.05) is 42.7 Å². The summed E-state index contributed by atoms with van der Waals surface area (Å²) >= 11 is 0. The van der Waals surface area contributed by atoms with E-state index in [0.29, 0.717) is 24.5 Å². The van der Waals surface area contributed by atoms with E-state index in [4.69, 9.17) is 5.26 Å². The monoisotopic (exact) mass is 320 g/mol. The first-order valence-electron chi connectivity index (χ1n) is 8.76. The zero-order chi connectivity index (χ0) is 16.1. The molecule has 5 rings (SSSR count). The fourth-order valence-corrected chi connectivity index (χ4v) is 4.82. The summed E-state index contributed by atoms with van der Waals surface area (Å²) in [5.74, 6) is 0. The van der Waals surface area contributed by atoms with Crippen molar-refractivity contribution in [3.05, 3.63) is 24.8 Å². The van der Waals surface area contributed by atoms with Crippen LogP contribution in [0.25, 0.3) is 22.1 Å². The van der Waals surface area contributed by atoms with Gasteiger partial charge < -0.3 is 9.55 Å². The summed E-state index contributed by atoms with van der Waals surface area (Å²) in [5, 5.41) is 10.0. The minimum atomic E-state index is 0.492. The van der Waals surface area contributed by atoms with E-state index in [-0.39, 0.29) is 0 Å². The largest absolute Gasteiger partial charge is 0.346 e. The van der Waals surface area contributed by atoms with Gasteiger partial charge >= 0.3 is 0 Å². The molecule has 2 aliphatic heterocycles. The highest BCUT2D eigenvalue weighted by atomic mass is 15.2. The van der Waals surface area contributed by atoms with E-state index in [0.717, 1.165) is 35.9 Å². The maximum atomic E-state index is 8.89. The Morgan fingerprint density at radius 2 is 2.04 bits per heavy atom. The van der Waals surface area contributed by atoms with E-state index in [9.17, 15) is 0 Å². The lowest BCUT2D eigenvalue weighted by Gasteiger charge is -2.39. The van der Waals surface area contributed by atoms with Gasteiger partial charge in [-0.25, -0.2) is 9.97 Å². The number of nitriles is 1. The summed E-state index contributed by atoms with van der Waals surface area (Å²) in [6, 6.07) is 6.11. The fraction of sp³-hybridized carbons (Fsp3) is 0.500. The second-order valence-corrected chi connectivity index (χ2v) is 7.04. The second-order valence-electron chi connectivity index (χ2n) is 7.04. The van der Waals surface area contributed by atoms with Crippen LogP contribution in [-0.4, -0.2) is 43.0 Å². The summed E-state index contributed by atoms with van der Waals surface area (Å²) in [5.41, 5.74) is 3.11. The molecule has 6 heteroatoms. The molecule has 24 heavy (non-hydrogen) atoms. The number of hydrogen-bond donors (Lipinski definition) is 1. The van der Waals surface area contributed by atoms with Crippen LogP contribution in [0.15, 0.2) is 24.8 Å². The minimum Gasteiger partial charge on any atom is -0.346 e. The van der Waals surface area contributed by atoms with E-state index in [1.807, 2.05) is 18.7 Å². The molecule has 1 unspecified atom stereocenters. The third-order valence-corrected chi connectivity index (χ3v) is 5.85. The smallest absolute Gasteiger partial charge is 0.139 e. The van der Waals surface area contributed by atoms with Crippen LogP contribution < -0.4 is 0 Å². The van der Waals surface area contributed by atoms with Gasteiger partial charge in [-0.1, -0.05) is 0 Å². The predicted octanol–water partition coefficient (Wildman–Crippen LogP) is 2.99. The molecule has 0 amide bonds. The average Bonchev–Trinajstić information content (AvgIpc) is 3.28. The maximum Gasteiger partial charge on any atom is 0.139 e. The zero-order valence-electron chi connectivity index (χ0n) is 13.5. The van der Waals surface area contributed by atoms with Crippen molar-refractivity contribution >= 4 is 22.1 Å². The van der Waals surface area contributed by atoms with Crippen molar-refractivity contribution in [1.82, 2.24) is 24.4 Å². The lowest BCUT2D eigenvalue weighted by Crippen LogP contribution is -2.43. The number of nitrogens with one attached hydrogen (secondary N) is 1. The number of H-pyrrole nitrogens is 1. The molecule has 3 aromatic heterocycles. The van der Waals surface area contributed by atoms with E-state index >= 15 is 0 Å². The van der Waals surface area contributed by atoms with E-state index in [1.165, 1.54) is 18.4 Å². The SMILES string of the molecule is N#CCCN1[C@@H]2CC[C@H]1CC(n1cnc3cnc4[nH]ccc4c31)C2. The highest BCUT2D eigenvalue weighted by Gasteiger charge is 2.41. The molecule has 0 saturated carbocycles. The first kappa shape index (κ1) is 14.0. The number of hydrogen-bond acceptors (Lipinski definition) is 4. The molecule has 122 valence electrons. The molecule has 0 aliphatic carbocycles. The summed E-state index contributed by atoms with van der Waals surface area (Å²) in [4.78, 5) is 14.8. The van der Waals surface area contributed by atoms with Crippen LogP contribution in [0.5, 0.6) is 0 Å². The molecular weight excluding hydrogens is 300 g/mol. The van der Waals surface area contributed by atoms with Gasteiger partial charge in [0.2, 0.25) is 0 Å². The molecule has 1 N–H and O–H groups in total. The summed E-state index contributed by atoms with van der Waals surface area (Å²) < 4.78 is 2.38. The lowest BCUT2D eigenvalue weighted by atomic mass is 9.96. The minimum absolute atomic E-state index is 0.492. The molecule has 5 heterocycles. The van der Waals surface area contributed by atoms with Gasteiger partial charge in [0.05, 0.1) is 24.1 Å². The van der Waals surface area contributed by atoms with Crippen molar-refractivity contribution in [1.29, 1.82) is 5.26 Å². The Morgan fingerprint density at radius 3 is 2.83 bits per heavy atom. The molecule has 0 spiro atoms. The van der Waals surface area contributed by atoms with Gasteiger partial charge in [-0.05, 0) is 31.7 Å². The van der Waals surface area contributed by atoms with Gasteiger partial charge in [-0.2, -0.15) is 5.26 Å². The first-order chi connectivity index (χ1) is 11.8. The molecule has 2 fully saturated rings. The highest BCUT2D eigenvalue weighted by molar-refractivity contribution is 6.00. The quantitative estimate of drug-likeness (QED) is 0.805. The average molecular weight is 320 g/mol. The number of rotatable bonds is 3. The van der Waals surface area contributed by atoms with Crippen LogP contribution in [-0.2, 0) is 0 Å². The summed E-state index contributed by atoms with van der Waals surface area (Å²) in [6.45, 7) is 0.926. The Morgan fingerprint density at radius 1 is 1.21 bits per heavy atom. The molecular formula is C18H20N6. The number of aromatic amines is 1. The van der Waals surface area contributed by atoms with Crippen LogP contribution in [0.1, 0.15) is 38.1 Å². The Bertz CT molecular complexity index is 918. The number of pyridine rings is 1. The Kier molecular flexibility index (Phi) is 3.10. The molecule has 2 aliphatic rings. The fourth-order valence-electron chi connectivity index (χ4n) is 4.82. The number of imidazole rings is 1. The second kappa shape index (κ2) is 5.32. The topological polar surface area (TPSA) is 73.5 Å². The van der Waals surface area contributed by atoms with Crippen LogP contribution >= 0.6 is 0 Å². The van der Waals surface area contributed by atoms with E-state index in [1.54, 1.807) is 0 Å². The molecule has 3 atom stereocenters. The summed E-state index contributed by atoms with van der Waals surface area (Å²) in [6.07, 6.45) is 11.3. The Labute approximate surface area is 140 Å². The van der Waals surface area contributed by atoms with Gasteiger partial charge in [-0.15, -0.1) is 0 Å². The molecule has 3 aromatic rings. The van der Waals surface area contributed by atoms with Gasteiger partial charge in [0.1, 0.15) is 11.2 Å². The summed E-state index contributed by atoms with van der Waals surface area (Å²) in [7, 11) is 0. The zero-order valence-corrected chi connectivity index (χ0v) is 13.5. The molecule has 2 bridgehead atoms. The third kappa shape index (κ3) is 1.98. The van der Waals surface area contributed by atoms with Gasteiger partial charge in [-0.3, -0.25) is 4.90 Å². The number of fused-ring (bicyclic) bond motifs is 5. The van der Waals surface area contributed by atoms with Gasteiger partial charge in [0.25, 0.3) is 0 Å². The Hall–Kier alpha value is -2.39. The van der Waals surface area contributed by atoms with Crippen LogP contribution in [0.4, 0.5) is 0 Å². The van der Waals surface area contributed by atoms with E-state index in [2.05, 4.69) is 36.6 Å². The number of aromatic nitrogens is 4. The normalized spacial score (nSPS) is 27.0. The third-order valence-electron chi connectivity index (χ3n) is 5.85. The first-order valence-corrected chi connectivity index (χ1v) is 8.76. The highest BCUT2D eigenvalue weighted by Crippen LogP contribution is 2.42. The molecule has 6 nitrogen and oxygen atoms in total. The molecule has 2 saturated heterocycles. The Balaban J connectivity index is 1.51. The number of nitrogens with zero attached hydrogens (tertiary/aromatic N) is 5. The van der Waals surface area contributed by atoms with Crippen LogP contribution in [0.3, 0.4) is 0 Å². The molecule has 0 aromatic carbocycles. The molecule has 0 radical (unpaired) electrons. The van der Waals surface area contributed by atoms with Crippen molar-refractivity contribution in [2.45, 2.75) is 50.2 Å². The van der Waals surface area contributed by atoms with Gasteiger partial charge in [0.15, 0.2) is 0 Å². The maximum absolute atomic E-state index is 8.89. The lowest BCUT2D eigenvalue weighted by molar-refractivity contribution is 0.111. The number of piperidine rings is 1. The van der Waals surface area contributed by atoms with E-state index < -0.39 is 0 Å². The standard InChI is InChI=1S/C18H20N6/c19-5-1-7-23-12-2-3-13(23)9-14(8-12)24-11-22-16-10-21-18-15(17(16)24)4-6-20-18/h4,6,10-14H,1-3,7-9H2,(H,20,21)/t12-,13+,14?. The van der Waals surface area contributed by atoms with Crippen LogP contribution in [0.2, 0.25) is 0 Å². The van der Waals surface area contributed by atoms with Crippen LogP contribution in [0, 0.1) is 11.3 Å². The van der Waals surface area contributed by atoms with Crippen molar-refractivity contribution in [2.24, 2.45) is 0 Å². The van der Waals surface area contributed by atoms with Crippen molar-refractivity contribution in [2.75, 3.05) is 6.54 Å². The van der Waals surface area contributed by atoms with Crippen molar-refractivity contribution in [3.8, 4) is 6.07 Å².